The number of rotatable bonds is 2. The van der Waals surface area contributed by atoms with Gasteiger partial charge >= 0.3 is 0 Å². The van der Waals surface area contributed by atoms with Crippen LogP contribution in [0.1, 0.15) is 46.3 Å². The molecule has 0 bridgehead atoms. The number of hydrogen-bond donors (Lipinski definition) is 0. The minimum Gasteiger partial charge on any atom is -0.335 e. The van der Waals surface area contributed by atoms with Crippen molar-refractivity contribution in [3.05, 3.63) is 35.4 Å². The highest BCUT2D eigenvalue weighted by atomic mass is 16.2. The van der Waals surface area contributed by atoms with E-state index in [9.17, 15) is 4.79 Å². The second-order valence-electron chi connectivity index (χ2n) is 5.99. The van der Waals surface area contributed by atoms with Gasteiger partial charge in [-0.3, -0.25) is 9.48 Å². The molecule has 0 unspecified atom stereocenters. The third kappa shape index (κ3) is 2.36. The SMILES string of the molecule is Cn1cnc(C(=O)N2CCc3ncnc(C4CC4)c3CC2)n1. The van der Waals surface area contributed by atoms with E-state index in [0.29, 0.717) is 19.0 Å². The van der Waals surface area contributed by atoms with E-state index in [1.54, 1.807) is 24.4 Å². The van der Waals surface area contributed by atoms with Crippen LogP contribution in [0.15, 0.2) is 12.7 Å². The smallest absolute Gasteiger partial charge is 0.293 e. The molecule has 2 aliphatic rings. The van der Waals surface area contributed by atoms with Gasteiger partial charge in [0.1, 0.15) is 12.7 Å². The molecule has 7 heteroatoms. The van der Waals surface area contributed by atoms with Crippen LogP contribution < -0.4 is 0 Å². The first-order valence-corrected chi connectivity index (χ1v) is 7.70. The van der Waals surface area contributed by atoms with E-state index in [2.05, 4.69) is 20.1 Å². The minimum atomic E-state index is -0.102. The summed E-state index contributed by atoms with van der Waals surface area (Å²) in [6.45, 7) is 1.34. The first kappa shape index (κ1) is 13.4. The first-order chi connectivity index (χ1) is 10.7. The Bertz CT molecular complexity index is 721. The van der Waals surface area contributed by atoms with E-state index in [0.717, 1.165) is 18.5 Å². The molecular weight excluding hydrogens is 280 g/mol. The van der Waals surface area contributed by atoms with Crippen molar-refractivity contribution in [2.24, 2.45) is 7.05 Å². The molecule has 1 saturated carbocycles. The molecule has 1 fully saturated rings. The van der Waals surface area contributed by atoms with Gasteiger partial charge in [0.05, 0.1) is 5.69 Å². The fourth-order valence-corrected chi connectivity index (χ4v) is 3.04. The Kier molecular flexibility index (Phi) is 3.13. The third-order valence-corrected chi connectivity index (χ3v) is 4.36. The summed E-state index contributed by atoms with van der Waals surface area (Å²) in [5, 5.41) is 4.11. The monoisotopic (exact) mass is 298 g/mol. The lowest BCUT2D eigenvalue weighted by atomic mass is 10.0. The van der Waals surface area contributed by atoms with E-state index in [-0.39, 0.29) is 11.7 Å². The summed E-state index contributed by atoms with van der Waals surface area (Å²) in [5.41, 5.74) is 3.56. The molecule has 114 valence electrons. The second kappa shape index (κ2) is 5.15. The van der Waals surface area contributed by atoms with E-state index in [1.807, 2.05) is 4.90 Å². The highest BCUT2D eigenvalue weighted by Gasteiger charge is 2.31. The van der Waals surface area contributed by atoms with E-state index in [4.69, 9.17) is 0 Å². The number of hydrogen-bond acceptors (Lipinski definition) is 5. The summed E-state index contributed by atoms with van der Waals surface area (Å²) in [7, 11) is 1.76. The molecule has 2 aromatic heterocycles. The summed E-state index contributed by atoms with van der Waals surface area (Å²) in [4.78, 5) is 27.3. The molecule has 1 aliphatic carbocycles. The molecule has 22 heavy (non-hydrogen) atoms. The summed E-state index contributed by atoms with van der Waals surface area (Å²) in [5.74, 6) is 0.771. The van der Waals surface area contributed by atoms with Crippen molar-refractivity contribution in [2.75, 3.05) is 13.1 Å². The molecule has 0 N–H and O–H groups in total. The molecule has 0 saturated heterocycles. The standard InChI is InChI=1S/C15H18N6O/c1-20-9-18-14(19-20)15(22)21-6-4-11-12(5-7-21)16-8-17-13(11)10-2-3-10/h8-10H,2-7H2,1H3. The summed E-state index contributed by atoms with van der Waals surface area (Å²) < 4.78 is 1.55. The fraction of sp³-hybridized carbons (Fsp3) is 0.533. The lowest BCUT2D eigenvalue weighted by Gasteiger charge is -2.18. The molecule has 3 heterocycles. The Morgan fingerprint density at radius 3 is 2.73 bits per heavy atom. The van der Waals surface area contributed by atoms with Crippen LogP contribution >= 0.6 is 0 Å². The third-order valence-electron chi connectivity index (χ3n) is 4.36. The Hall–Kier alpha value is -2.31. The van der Waals surface area contributed by atoms with Gasteiger partial charge in [-0.05, 0) is 24.8 Å². The van der Waals surface area contributed by atoms with Crippen LogP contribution in [0, 0.1) is 0 Å². The van der Waals surface area contributed by atoms with Gasteiger partial charge in [-0.2, -0.15) is 0 Å². The van der Waals surface area contributed by atoms with Gasteiger partial charge in [-0.15, -0.1) is 5.10 Å². The van der Waals surface area contributed by atoms with Gasteiger partial charge in [0.2, 0.25) is 5.82 Å². The van der Waals surface area contributed by atoms with Gasteiger partial charge in [-0.1, -0.05) is 0 Å². The molecule has 0 aromatic carbocycles. The second-order valence-corrected chi connectivity index (χ2v) is 5.99. The van der Waals surface area contributed by atoms with Crippen LogP contribution in [-0.4, -0.2) is 48.6 Å². The Labute approximate surface area is 128 Å². The van der Waals surface area contributed by atoms with Crippen LogP contribution in [-0.2, 0) is 19.9 Å². The number of carbonyl (C=O) groups excluding carboxylic acids is 1. The summed E-state index contributed by atoms with van der Waals surface area (Å²) in [6.07, 6.45) is 7.27. The van der Waals surface area contributed by atoms with Crippen molar-refractivity contribution in [1.82, 2.24) is 29.6 Å². The van der Waals surface area contributed by atoms with Crippen LogP contribution in [0.4, 0.5) is 0 Å². The van der Waals surface area contributed by atoms with Gasteiger partial charge in [0, 0.05) is 38.2 Å². The first-order valence-electron chi connectivity index (χ1n) is 7.70. The molecule has 0 atom stereocenters. The van der Waals surface area contributed by atoms with Crippen molar-refractivity contribution in [3.8, 4) is 0 Å². The molecule has 7 nitrogen and oxygen atoms in total. The molecule has 2 aromatic rings. The molecule has 1 amide bonds. The molecular formula is C15H18N6O. The quantitative estimate of drug-likeness (QED) is 0.816. The summed E-state index contributed by atoms with van der Waals surface area (Å²) >= 11 is 0. The number of aryl methyl sites for hydroxylation is 1. The van der Waals surface area contributed by atoms with Crippen molar-refractivity contribution in [1.29, 1.82) is 0 Å². The highest BCUT2D eigenvalue weighted by Crippen LogP contribution is 2.41. The van der Waals surface area contributed by atoms with E-state index >= 15 is 0 Å². The molecule has 0 spiro atoms. The Morgan fingerprint density at radius 2 is 2.00 bits per heavy atom. The van der Waals surface area contributed by atoms with Gasteiger partial charge < -0.3 is 4.90 Å². The van der Waals surface area contributed by atoms with E-state index in [1.165, 1.54) is 24.1 Å². The van der Waals surface area contributed by atoms with Gasteiger partial charge in [0.25, 0.3) is 5.91 Å². The maximum Gasteiger partial charge on any atom is 0.293 e. The predicted molar refractivity (Wildman–Crippen MR) is 78.3 cm³/mol. The Morgan fingerprint density at radius 1 is 1.18 bits per heavy atom. The highest BCUT2D eigenvalue weighted by molar-refractivity contribution is 5.90. The number of carbonyl (C=O) groups is 1. The zero-order valence-corrected chi connectivity index (χ0v) is 12.6. The molecule has 0 radical (unpaired) electrons. The van der Waals surface area contributed by atoms with E-state index < -0.39 is 0 Å². The van der Waals surface area contributed by atoms with Crippen molar-refractivity contribution in [2.45, 2.75) is 31.6 Å². The summed E-state index contributed by atoms with van der Waals surface area (Å²) in [6, 6.07) is 0. The van der Waals surface area contributed by atoms with Crippen LogP contribution in [0.2, 0.25) is 0 Å². The van der Waals surface area contributed by atoms with Crippen molar-refractivity contribution in [3.63, 3.8) is 0 Å². The largest absolute Gasteiger partial charge is 0.335 e. The van der Waals surface area contributed by atoms with Crippen LogP contribution in [0.3, 0.4) is 0 Å². The number of nitrogens with zero attached hydrogens (tertiary/aromatic N) is 6. The topological polar surface area (TPSA) is 76.8 Å². The van der Waals surface area contributed by atoms with Crippen LogP contribution in [0.25, 0.3) is 0 Å². The maximum atomic E-state index is 12.5. The zero-order valence-electron chi connectivity index (χ0n) is 12.6. The number of fused-ring (bicyclic) bond motifs is 1. The average molecular weight is 298 g/mol. The van der Waals surface area contributed by atoms with Gasteiger partial charge in [0.15, 0.2) is 0 Å². The number of aromatic nitrogens is 5. The number of amides is 1. The zero-order chi connectivity index (χ0) is 15.1. The normalized spacial score (nSPS) is 18.0. The van der Waals surface area contributed by atoms with Crippen molar-refractivity contribution < 1.29 is 4.79 Å². The lowest BCUT2D eigenvalue weighted by Crippen LogP contribution is -2.34. The molecule has 1 aliphatic heterocycles. The minimum absolute atomic E-state index is 0.102. The van der Waals surface area contributed by atoms with Gasteiger partial charge in [-0.25, -0.2) is 15.0 Å². The lowest BCUT2D eigenvalue weighted by molar-refractivity contribution is 0.0750. The Balaban J connectivity index is 1.56. The van der Waals surface area contributed by atoms with Crippen molar-refractivity contribution >= 4 is 5.91 Å². The average Bonchev–Trinajstić information content (AvgIpc) is 3.31. The fourth-order valence-electron chi connectivity index (χ4n) is 3.04. The predicted octanol–water partition coefficient (Wildman–Crippen LogP) is 0.723. The molecule has 4 rings (SSSR count). The maximum absolute atomic E-state index is 12.5. The van der Waals surface area contributed by atoms with Crippen LogP contribution in [0.5, 0.6) is 0 Å².